The van der Waals surface area contributed by atoms with E-state index in [0.29, 0.717) is 20.9 Å². The minimum Gasteiger partial charge on any atom is -0.367 e. The van der Waals surface area contributed by atoms with Crippen LogP contribution in [-0.4, -0.2) is 21.8 Å². The first-order chi connectivity index (χ1) is 11.5. The summed E-state index contributed by atoms with van der Waals surface area (Å²) in [6.07, 6.45) is 1.82. The Hall–Kier alpha value is -1.82. The number of benzene rings is 2. The van der Waals surface area contributed by atoms with Gasteiger partial charge in [-0.15, -0.1) is 0 Å². The molecular weight excluding hydrogens is 360 g/mol. The average Bonchev–Trinajstić information content (AvgIpc) is 2.81. The number of para-hydroxylation sites is 1. The van der Waals surface area contributed by atoms with E-state index in [1.165, 1.54) is 11.8 Å². The van der Waals surface area contributed by atoms with Crippen LogP contribution in [0.4, 0.5) is 5.69 Å². The molecule has 1 saturated heterocycles. The summed E-state index contributed by atoms with van der Waals surface area (Å²) in [7, 11) is 0. The van der Waals surface area contributed by atoms with Crippen molar-refractivity contribution in [1.82, 2.24) is 4.90 Å². The van der Waals surface area contributed by atoms with Crippen LogP contribution in [0.2, 0.25) is 5.02 Å². The number of anilines is 1. The number of aryl methyl sites for hydroxylation is 1. The smallest absolute Gasteiger partial charge is 0.267 e. The summed E-state index contributed by atoms with van der Waals surface area (Å²) in [6.45, 7) is 2.37. The molecule has 24 heavy (non-hydrogen) atoms. The Balaban J connectivity index is 1.73. The maximum absolute atomic E-state index is 12.6. The van der Waals surface area contributed by atoms with Crippen LogP contribution in [0, 0.1) is 6.92 Å². The van der Waals surface area contributed by atoms with Crippen molar-refractivity contribution < 1.29 is 4.79 Å². The van der Waals surface area contributed by atoms with Crippen LogP contribution >= 0.6 is 35.6 Å². The van der Waals surface area contributed by atoms with Crippen molar-refractivity contribution in [3.63, 3.8) is 0 Å². The number of thioether (sulfide) groups is 1. The molecule has 1 heterocycles. The molecule has 2 aromatic carbocycles. The molecule has 0 spiro atoms. The Labute approximate surface area is 155 Å². The number of nitrogens with zero attached hydrogens (tertiary/aromatic N) is 1. The molecule has 1 amide bonds. The largest absolute Gasteiger partial charge is 0.367 e. The predicted molar refractivity (Wildman–Crippen MR) is 106 cm³/mol. The number of amides is 1. The Morgan fingerprint density at radius 3 is 2.79 bits per heavy atom. The third-order valence-electron chi connectivity index (χ3n) is 3.59. The molecule has 0 radical (unpaired) electrons. The molecule has 1 aliphatic heterocycles. The zero-order chi connectivity index (χ0) is 17.1. The molecule has 122 valence electrons. The molecule has 3 rings (SSSR count). The highest BCUT2D eigenvalue weighted by atomic mass is 35.5. The molecule has 0 atom stereocenters. The maximum Gasteiger partial charge on any atom is 0.267 e. The van der Waals surface area contributed by atoms with Gasteiger partial charge in [-0.1, -0.05) is 65.9 Å². The van der Waals surface area contributed by atoms with Gasteiger partial charge in [-0.3, -0.25) is 9.69 Å². The molecule has 3 nitrogen and oxygen atoms in total. The summed E-state index contributed by atoms with van der Waals surface area (Å²) in [4.78, 5) is 14.8. The zero-order valence-corrected chi connectivity index (χ0v) is 15.3. The van der Waals surface area contributed by atoms with Gasteiger partial charge in [0, 0.05) is 10.7 Å². The van der Waals surface area contributed by atoms with Crippen LogP contribution in [0.1, 0.15) is 11.1 Å². The van der Waals surface area contributed by atoms with E-state index in [0.717, 1.165) is 16.8 Å². The van der Waals surface area contributed by atoms with Gasteiger partial charge in [0.05, 0.1) is 11.6 Å². The number of hydrogen-bond donors (Lipinski definition) is 1. The molecule has 6 heteroatoms. The minimum atomic E-state index is -0.0916. The summed E-state index contributed by atoms with van der Waals surface area (Å²) < 4.78 is 0.550. The van der Waals surface area contributed by atoms with E-state index in [2.05, 4.69) is 5.32 Å². The number of carbonyl (C=O) groups is 1. The van der Waals surface area contributed by atoms with Crippen molar-refractivity contribution in [1.29, 1.82) is 0 Å². The highest BCUT2D eigenvalue weighted by Gasteiger charge is 2.31. The monoisotopic (exact) mass is 374 g/mol. The molecule has 0 aromatic heterocycles. The summed E-state index contributed by atoms with van der Waals surface area (Å²) >= 11 is 12.6. The topological polar surface area (TPSA) is 32.3 Å². The second-order valence-electron chi connectivity index (χ2n) is 5.31. The number of carbonyl (C=O) groups excluding carboxylic acids is 1. The minimum absolute atomic E-state index is 0.0916. The van der Waals surface area contributed by atoms with Gasteiger partial charge in [-0.2, -0.15) is 0 Å². The molecule has 1 fully saturated rings. The number of thiocarbonyl (C=S) groups is 1. The zero-order valence-electron chi connectivity index (χ0n) is 13.0. The molecule has 1 N–H and O–H groups in total. The molecule has 0 bridgehead atoms. The quantitative estimate of drug-likeness (QED) is 0.608. The van der Waals surface area contributed by atoms with E-state index in [1.807, 2.05) is 55.5 Å². The van der Waals surface area contributed by atoms with E-state index in [1.54, 1.807) is 11.0 Å². The fraction of sp³-hybridized carbons (Fsp3) is 0.111. The normalized spacial score (nSPS) is 16.1. The lowest BCUT2D eigenvalue weighted by atomic mass is 10.2. The van der Waals surface area contributed by atoms with Crippen LogP contribution in [0.25, 0.3) is 6.08 Å². The fourth-order valence-electron chi connectivity index (χ4n) is 2.32. The summed E-state index contributed by atoms with van der Waals surface area (Å²) in [5.41, 5.74) is 3.00. The van der Waals surface area contributed by atoms with Crippen molar-refractivity contribution >= 4 is 57.6 Å². The molecule has 0 aliphatic carbocycles. The number of hydrogen-bond acceptors (Lipinski definition) is 4. The van der Waals surface area contributed by atoms with Gasteiger partial charge < -0.3 is 5.32 Å². The third-order valence-corrected chi connectivity index (χ3v) is 5.21. The molecule has 0 saturated carbocycles. The SMILES string of the molecule is Cc1ccccc1NCN1C(=O)/C(=C/c2cccc(Cl)c2)SC1=S. The van der Waals surface area contributed by atoms with Crippen LogP contribution in [-0.2, 0) is 4.79 Å². The predicted octanol–water partition coefficient (Wildman–Crippen LogP) is 4.92. The second-order valence-corrected chi connectivity index (χ2v) is 7.43. The number of rotatable bonds is 4. The van der Waals surface area contributed by atoms with E-state index >= 15 is 0 Å². The van der Waals surface area contributed by atoms with Crippen molar-refractivity contribution in [2.45, 2.75) is 6.92 Å². The van der Waals surface area contributed by atoms with Gasteiger partial charge in [0.15, 0.2) is 0 Å². The van der Waals surface area contributed by atoms with Crippen molar-refractivity contribution in [3.05, 3.63) is 69.6 Å². The fourth-order valence-corrected chi connectivity index (χ4v) is 3.77. The average molecular weight is 375 g/mol. The lowest BCUT2D eigenvalue weighted by Gasteiger charge is -2.17. The van der Waals surface area contributed by atoms with E-state index in [4.69, 9.17) is 23.8 Å². The first-order valence-electron chi connectivity index (χ1n) is 7.35. The standard InChI is InChI=1S/C18H15ClN2OS2/c1-12-5-2-3-8-15(12)20-11-21-17(22)16(24-18(21)23)10-13-6-4-7-14(19)9-13/h2-10,20H,11H2,1H3/b16-10-. The Bertz CT molecular complexity index is 835. The maximum atomic E-state index is 12.6. The Morgan fingerprint density at radius 2 is 2.04 bits per heavy atom. The first kappa shape index (κ1) is 17.0. The molecule has 2 aromatic rings. The van der Waals surface area contributed by atoms with Gasteiger partial charge in [-0.25, -0.2) is 0 Å². The van der Waals surface area contributed by atoms with Gasteiger partial charge in [0.2, 0.25) is 0 Å². The van der Waals surface area contributed by atoms with E-state index in [9.17, 15) is 4.79 Å². The number of nitrogens with one attached hydrogen (secondary N) is 1. The number of halogens is 1. The van der Waals surface area contributed by atoms with Crippen LogP contribution in [0.15, 0.2) is 53.4 Å². The lowest BCUT2D eigenvalue weighted by molar-refractivity contribution is -0.121. The summed E-state index contributed by atoms with van der Waals surface area (Å²) in [5.74, 6) is -0.0916. The van der Waals surface area contributed by atoms with Gasteiger partial charge in [-0.05, 0) is 42.3 Å². The van der Waals surface area contributed by atoms with E-state index < -0.39 is 0 Å². The van der Waals surface area contributed by atoms with Crippen molar-refractivity contribution in [3.8, 4) is 0 Å². The summed E-state index contributed by atoms with van der Waals surface area (Å²) in [6, 6.07) is 15.3. The molecular formula is C18H15ClN2OS2. The van der Waals surface area contributed by atoms with Crippen molar-refractivity contribution in [2.75, 3.05) is 12.0 Å². The van der Waals surface area contributed by atoms with Crippen molar-refractivity contribution in [2.24, 2.45) is 0 Å². The van der Waals surface area contributed by atoms with Crippen LogP contribution < -0.4 is 5.32 Å². The van der Waals surface area contributed by atoms with Gasteiger partial charge in [0.1, 0.15) is 4.32 Å². The van der Waals surface area contributed by atoms with Gasteiger partial charge >= 0.3 is 0 Å². The first-order valence-corrected chi connectivity index (χ1v) is 8.95. The van der Waals surface area contributed by atoms with E-state index in [-0.39, 0.29) is 5.91 Å². The highest BCUT2D eigenvalue weighted by molar-refractivity contribution is 8.26. The van der Waals surface area contributed by atoms with Crippen LogP contribution in [0.5, 0.6) is 0 Å². The highest BCUT2D eigenvalue weighted by Crippen LogP contribution is 2.32. The lowest BCUT2D eigenvalue weighted by Crippen LogP contribution is -2.33. The molecule has 1 aliphatic rings. The van der Waals surface area contributed by atoms with Crippen LogP contribution in [0.3, 0.4) is 0 Å². The summed E-state index contributed by atoms with van der Waals surface area (Å²) in [5, 5.41) is 3.90. The molecule has 0 unspecified atom stereocenters. The third kappa shape index (κ3) is 3.80. The Morgan fingerprint density at radius 1 is 1.25 bits per heavy atom. The second kappa shape index (κ2) is 7.38. The van der Waals surface area contributed by atoms with Gasteiger partial charge in [0.25, 0.3) is 5.91 Å². The Kier molecular flexibility index (Phi) is 5.23.